The van der Waals surface area contributed by atoms with Crippen LogP contribution in [0.15, 0.2) is 28.5 Å². The molecule has 0 N–H and O–H groups in total. The summed E-state index contributed by atoms with van der Waals surface area (Å²) in [6.07, 6.45) is 2.57. The molecule has 0 aliphatic carbocycles. The summed E-state index contributed by atoms with van der Waals surface area (Å²) in [7, 11) is -3.40. The Morgan fingerprint density at radius 1 is 1.42 bits per heavy atom. The zero-order valence-electron chi connectivity index (χ0n) is 14.1. The Morgan fingerprint density at radius 2 is 2.19 bits per heavy atom. The third-order valence-corrected chi connectivity index (χ3v) is 6.72. The number of rotatable bonds is 5. The lowest BCUT2D eigenvalue weighted by Crippen LogP contribution is -2.41. The Morgan fingerprint density at radius 3 is 2.92 bits per heavy atom. The van der Waals surface area contributed by atoms with Gasteiger partial charge in [-0.15, -0.1) is 5.10 Å². The summed E-state index contributed by atoms with van der Waals surface area (Å²) in [6.45, 7) is 0.608. The molecule has 1 aromatic carbocycles. The summed E-state index contributed by atoms with van der Waals surface area (Å²) in [5, 5.41) is 3.98. The molecule has 1 atom stereocenters. The Kier molecular flexibility index (Phi) is 5.52. The second kappa shape index (κ2) is 7.67. The van der Waals surface area contributed by atoms with Crippen LogP contribution in [-0.2, 0) is 14.6 Å². The van der Waals surface area contributed by atoms with Gasteiger partial charge in [0.15, 0.2) is 32.2 Å². The number of hydrogen-bond acceptors (Lipinski definition) is 7. The zero-order chi connectivity index (χ0) is 18.7. The van der Waals surface area contributed by atoms with Crippen LogP contribution in [0.4, 0.5) is 4.39 Å². The molecule has 2 aromatic rings. The number of ether oxygens (including phenoxy) is 1. The van der Waals surface area contributed by atoms with Gasteiger partial charge in [0.25, 0.3) is 5.91 Å². The molecule has 1 aromatic heterocycles. The zero-order valence-corrected chi connectivity index (χ0v) is 15.7. The summed E-state index contributed by atoms with van der Waals surface area (Å²) in [5.41, 5.74) is 0.421. The number of sulfone groups is 1. The molecule has 1 aliphatic heterocycles. The second-order valence-electron chi connectivity index (χ2n) is 6.12. The van der Waals surface area contributed by atoms with Crippen molar-refractivity contribution in [3.05, 3.63) is 35.8 Å². The summed E-state index contributed by atoms with van der Waals surface area (Å²) >= 11 is 0.850. The molecular formula is C16H18FN3O4S2. The molecule has 26 heavy (non-hydrogen) atoms. The van der Waals surface area contributed by atoms with Gasteiger partial charge in [0.1, 0.15) is 0 Å². The van der Waals surface area contributed by atoms with Crippen molar-refractivity contribution in [1.29, 1.82) is 0 Å². The van der Waals surface area contributed by atoms with Crippen LogP contribution in [0.1, 0.15) is 24.5 Å². The van der Waals surface area contributed by atoms with Crippen molar-refractivity contribution in [3.63, 3.8) is 0 Å². The van der Waals surface area contributed by atoms with Crippen LogP contribution < -0.4 is 4.74 Å². The van der Waals surface area contributed by atoms with E-state index >= 15 is 0 Å². The topological polar surface area (TPSA) is 89.5 Å². The molecule has 1 aliphatic rings. The van der Waals surface area contributed by atoms with Crippen molar-refractivity contribution in [1.82, 2.24) is 14.5 Å². The fraction of sp³-hybridized carbons (Fsp3) is 0.438. The van der Waals surface area contributed by atoms with Crippen molar-refractivity contribution in [2.45, 2.75) is 23.0 Å². The number of carbonyl (C=O) groups is 1. The first-order valence-corrected chi connectivity index (χ1v) is 10.7. The molecular weight excluding hydrogens is 381 g/mol. The monoisotopic (exact) mass is 399 g/mol. The number of halogens is 1. The Labute approximate surface area is 154 Å². The normalized spacial score (nSPS) is 17.9. The Balaban J connectivity index is 1.66. The molecule has 1 unspecified atom stereocenters. The fourth-order valence-electron chi connectivity index (χ4n) is 2.91. The maximum atomic E-state index is 13.6. The minimum absolute atomic E-state index is 0.0254. The van der Waals surface area contributed by atoms with Gasteiger partial charge in [-0.2, -0.15) is 0 Å². The van der Waals surface area contributed by atoms with E-state index in [4.69, 9.17) is 4.74 Å². The van der Waals surface area contributed by atoms with Crippen molar-refractivity contribution in [2.75, 3.05) is 26.0 Å². The lowest BCUT2D eigenvalue weighted by Gasteiger charge is -2.32. The van der Waals surface area contributed by atoms with E-state index in [0.717, 1.165) is 30.6 Å². The predicted molar refractivity (Wildman–Crippen MR) is 93.5 cm³/mol. The molecule has 1 fully saturated rings. The smallest absolute Gasteiger partial charge is 0.260 e. The predicted octanol–water partition coefficient (Wildman–Crippen LogP) is 1.87. The largest absolute Gasteiger partial charge is 0.481 e. The van der Waals surface area contributed by atoms with Crippen molar-refractivity contribution < 1.29 is 22.3 Å². The molecule has 1 saturated heterocycles. The van der Waals surface area contributed by atoms with Crippen LogP contribution in [-0.4, -0.2) is 54.8 Å². The number of amides is 1. The van der Waals surface area contributed by atoms with Crippen molar-refractivity contribution >= 4 is 27.3 Å². The molecule has 140 valence electrons. The quantitative estimate of drug-likeness (QED) is 0.763. The Hall–Kier alpha value is -2.07. The first-order valence-electron chi connectivity index (χ1n) is 8.03. The van der Waals surface area contributed by atoms with E-state index in [1.165, 1.54) is 12.1 Å². The van der Waals surface area contributed by atoms with Gasteiger partial charge in [-0.3, -0.25) is 4.79 Å². The van der Waals surface area contributed by atoms with Gasteiger partial charge in [0, 0.05) is 36.8 Å². The summed E-state index contributed by atoms with van der Waals surface area (Å²) in [5.74, 6) is -0.965. The number of likely N-dealkylation sites (tertiary alicyclic amines) is 1. The number of hydrogen-bond donors (Lipinski definition) is 0. The summed E-state index contributed by atoms with van der Waals surface area (Å²) in [6, 6.07) is 5.89. The van der Waals surface area contributed by atoms with Gasteiger partial charge in [-0.05, 0) is 25.0 Å². The molecule has 0 saturated carbocycles. The number of piperidine rings is 1. The van der Waals surface area contributed by atoms with E-state index in [1.807, 2.05) is 0 Å². The van der Waals surface area contributed by atoms with Crippen LogP contribution in [0.2, 0.25) is 0 Å². The second-order valence-corrected chi connectivity index (χ2v) is 9.08. The molecule has 1 amide bonds. The van der Waals surface area contributed by atoms with E-state index in [2.05, 4.69) is 9.59 Å². The minimum atomic E-state index is -3.40. The van der Waals surface area contributed by atoms with Crippen LogP contribution >= 0.6 is 11.5 Å². The van der Waals surface area contributed by atoms with Gasteiger partial charge in [-0.1, -0.05) is 16.6 Å². The average molecular weight is 399 g/mol. The first-order chi connectivity index (χ1) is 12.4. The van der Waals surface area contributed by atoms with Crippen molar-refractivity contribution in [3.8, 4) is 5.75 Å². The van der Waals surface area contributed by atoms with Crippen LogP contribution in [0.25, 0.3) is 0 Å². The van der Waals surface area contributed by atoms with Gasteiger partial charge >= 0.3 is 0 Å². The van der Waals surface area contributed by atoms with Crippen molar-refractivity contribution in [2.24, 2.45) is 0 Å². The first kappa shape index (κ1) is 18.7. The third-order valence-electron chi connectivity index (χ3n) is 4.17. The molecule has 0 spiro atoms. The fourth-order valence-corrected chi connectivity index (χ4v) is 4.65. The van der Waals surface area contributed by atoms with Gasteiger partial charge in [0.05, 0.1) is 5.69 Å². The van der Waals surface area contributed by atoms with E-state index in [1.54, 1.807) is 17.0 Å². The molecule has 3 rings (SSSR count). The summed E-state index contributed by atoms with van der Waals surface area (Å²) < 4.78 is 46.5. The number of aromatic nitrogens is 2. The van der Waals surface area contributed by atoms with E-state index in [9.17, 15) is 17.6 Å². The Bertz CT molecular complexity index is 900. The van der Waals surface area contributed by atoms with Gasteiger partial charge < -0.3 is 9.64 Å². The molecule has 0 radical (unpaired) electrons. The SMILES string of the molecule is CS(=O)(=O)c1snnc1C1CCCN(C(=O)COc2ccccc2F)C1. The maximum absolute atomic E-state index is 13.6. The lowest BCUT2D eigenvalue weighted by molar-refractivity contribution is -0.134. The average Bonchev–Trinajstić information content (AvgIpc) is 3.11. The van der Waals surface area contributed by atoms with Gasteiger partial charge in [0.2, 0.25) is 0 Å². The number of nitrogens with zero attached hydrogens (tertiary/aromatic N) is 3. The van der Waals surface area contributed by atoms with Crippen LogP contribution in [0.3, 0.4) is 0 Å². The van der Waals surface area contributed by atoms with E-state index in [-0.39, 0.29) is 28.4 Å². The molecule has 10 heteroatoms. The number of benzene rings is 1. The highest BCUT2D eigenvalue weighted by Crippen LogP contribution is 2.31. The minimum Gasteiger partial charge on any atom is -0.481 e. The highest BCUT2D eigenvalue weighted by atomic mass is 32.2. The molecule has 0 bridgehead atoms. The maximum Gasteiger partial charge on any atom is 0.260 e. The highest BCUT2D eigenvalue weighted by molar-refractivity contribution is 7.92. The number of para-hydroxylation sites is 1. The molecule has 7 nitrogen and oxygen atoms in total. The lowest BCUT2D eigenvalue weighted by atomic mass is 9.95. The van der Waals surface area contributed by atoms with Gasteiger partial charge in [-0.25, -0.2) is 12.8 Å². The van der Waals surface area contributed by atoms with E-state index in [0.29, 0.717) is 18.8 Å². The van der Waals surface area contributed by atoms with Crippen LogP contribution in [0.5, 0.6) is 5.75 Å². The standard InChI is InChI=1S/C16H18FN3O4S2/c1-26(22,23)16-15(18-19-25-16)11-5-4-8-20(9-11)14(21)10-24-13-7-3-2-6-12(13)17/h2-3,6-7,11H,4-5,8-10H2,1H3. The summed E-state index contributed by atoms with van der Waals surface area (Å²) in [4.78, 5) is 14.0. The van der Waals surface area contributed by atoms with Crippen LogP contribution in [0, 0.1) is 5.82 Å². The van der Waals surface area contributed by atoms with E-state index < -0.39 is 15.7 Å². The molecule has 2 heterocycles. The highest BCUT2D eigenvalue weighted by Gasteiger charge is 2.31. The number of carbonyl (C=O) groups excluding carboxylic acids is 1. The third kappa shape index (κ3) is 4.18.